The third kappa shape index (κ3) is 4.74. The number of aryl methyl sites for hydroxylation is 1. The van der Waals surface area contributed by atoms with E-state index in [0.717, 1.165) is 24.0 Å². The summed E-state index contributed by atoms with van der Waals surface area (Å²) in [6.07, 6.45) is 5.86. The molecule has 4 nitrogen and oxygen atoms in total. The van der Waals surface area contributed by atoms with Gasteiger partial charge in [-0.1, -0.05) is 31.4 Å². The third-order valence-electron chi connectivity index (χ3n) is 3.99. The summed E-state index contributed by atoms with van der Waals surface area (Å²) < 4.78 is 5.69. The SMILES string of the molecule is Cc1ccc([C@@H](C)N)c(OCC(=O)NC2CCCCC2)c1. The Labute approximate surface area is 127 Å². The van der Waals surface area contributed by atoms with Gasteiger partial charge in [-0.15, -0.1) is 0 Å². The number of nitrogens with two attached hydrogens (primary N) is 1. The molecule has 1 aromatic rings. The van der Waals surface area contributed by atoms with Crippen molar-refractivity contribution in [1.29, 1.82) is 0 Å². The third-order valence-corrected chi connectivity index (χ3v) is 3.99. The molecule has 1 saturated carbocycles. The maximum atomic E-state index is 12.0. The van der Waals surface area contributed by atoms with Crippen LogP contribution in [0.4, 0.5) is 0 Å². The van der Waals surface area contributed by atoms with Gasteiger partial charge in [-0.3, -0.25) is 4.79 Å². The Morgan fingerprint density at radius 1 is 1.38 bits per heavy atom. The number of ether oxygens (including phenoxy) is 1. The fourth-order valence-electron chi connectivity index (χ4n) is 2.80. The number of amides is 1. The van der Waals surface area contributed by atoms with Crippen LogP contribution in [-0.4, -0.2) is 18.6 Å². The molecule has 0 spiro atoms. The molecule has 1 aromatic carbocycles. The van der Waals surface area contributed by atoms with E-state index in [0.29, 0.717) is 11.8 Å². The first kappa shape index (κ1) is 15.8. The summed E-state index contributed by atoms with van der Waals surface area (Å²) in [5.74, 6) is 0.669. The highest BCUT2D eigenvalue weighted by molar-refractivity contribution is 5.77. The fourth-order valence-corrected chi connectivity index (χ4v) is 2.80. The molecular formula is C17H26N2O2. The van der Waals surface area contributed by atoms with Crippen LogP contribution in [0.2, 0.25) is 0 Å². The second-order valence-corrected chi connectivity index (χ2v) is 6.02. The normalized spacial score (nSPS) is 17.3. The van der Waals surface area contributed by atoms with Crippen molar-refractivity contribution in [3.8, 4) is 5.75 Å². The molecule has 1 aliphatic rings. The van der Waals surface area contributed by atoms with E-state index in [2.05, 4.69) is 5.32 Å². The van der Waals surface area contributed by atoms with Crippen LogP contribution < -0.4 is 15.8 Å². The van der Waals surface area contributed by atoms with Gasteiger partial charge in [0, 0.05) is 17.6 Å². The van der Waals surface area contributed by atoms with E-state index < -0.39 is 0 Å². The van der Waals surface area contributed by atoms with E-state index in [4.69, 9.17) is 10.5 Å². The Bertz CT molecular complexity index is 480. The second kappa shape index (κ2) is 7.46. The van der Waals surface area contributed by atoms with Crippen molar-refractivity contribution in [2.75, 3.05) is 6.61 Å². The van der Waals surface area contributed by atoms with Crippen LogP contribution in [0.1, 0.15) is 56.2 Å². The number of benzene rings is 1. The van der Waals surface area contributed by atoms with Crippen molar-refractivity contribution in [2.24, 2.45) is 5.73 Å². The van der Waals surface area contributed by atoms with Gasteiger partial charge in [0.15, 0.2) is 6.61 Å². The highest BCUT2D eigenvalue weighted by Crippen LogP contribution is 2.25. The zero-order chi connectivity index (χ0) is 15.2. The molecule has 21 heavy (non-hydrogen) atoms. The number of rotatable bonds is 5. The molecule has 0 aromatic heterocycles. The van der Waals surface area contributed by atoms with Crippen LogP contribution in [0.3, 0.4) is 0 Å². The second-order valence-electron chi connectivity index (χ2n) is 6.02. The summed E-state index contributed by atoms with van der Waals surface area (Å²) in [5, 5.41) is 3.06. The maximum absolute atomic E-state index is 12.0. The lowest BCUT2D eigenvalue weighted by molar-refractivity contribution is -0.124. The van der Waals surface area contributed by atoms with Gasteiger partial charge in [-0.2, -0.15) is 0 Å². The van der Waals surface area contributed by atoms with Crippen molar-refractivity contribution in [2.45, 2.75) is 58.0 Å². The summed E-state index contributed by atoms with van der Waals surface area (Å²) in [6, 6.07) is 6.12. The Morgan fingerprint density at radius 3 is 2.76 bits per heavy atom. The van der Waals surface area contributed by atoms with E-state index >= 15 is 0 Å². The molecule has 3 N–H and O–H groups in total. The highest BCUT2D eigenvalue weighted by atomic mass is 16.5. The molecule has 1 atom stereocenters. The minimum atomic E-state index is -0.109. The summed E-state index contributed by atoms with van der Waals surface area (Å²) >= 11 is 0. The first-order valence-corrected chi connectivity index (χ1v) is 7.84. The Kier molecular flexibility index (Phi) is 5.62. The van der Waals surface area contributed by atoms with E-state index in [9.17, 15) is 4.79 Å². The van der Waals surface area contributed by atoms with Gasteiger partial charge >= 0.3 is 0 Å². The lowest BCUT2D eigenvalue weighted by atomic mass is 9.95. The number of hydrogen-bond donors (Lipinski definition) is 2. The molecule has 0 heterocycles. The van der Waals surface area contributed by atoms with E-state index in [1.807, 2.05) is 32.0 Å². The standard InChI is InChI=1S/C17H26N2O2/c1-12-8-9-15(13(2)18)16(10-12)21-11-17(20)19-14-6-4-3-5-7-14/h8-10,13-14H,3-7,11,18H2,1-2H3,(H,19,20)/t13-/m1/s1. The molecule has 4 heteroatoms. The van der Waals surface area contributed by atoms with Crippen molar-refractivity contribution in [3.05, 3.63) is 29.3 Å². The predicted molar refractivity (Wildman–Crippen MR) is 84.3 cm³/mol. The Hall–Kier alpha value is -1.55. The monoisotopic (exact) mass is 290 g/mol. The van der Waals surface area contributed by atoms with Gasteiger partial charge in [0.2, 0.25) is 0 Å². The average Bonchev–Trinajstić information content (AvgIpc) is 2.46. The Morgan fingerprint density at radius 2 is 2.10 bits per heavy atom. The molecule has 0 aliphatic heterocycles. The summed E-state index contributed by atoms with van der Waals surface area (Å²) in [5.41, 5.74) is 7.98. The maximum Gasteiger partial charge on any atom is 0.258 e. The molecular weight excluding hydrogens is 264 g/mol. The molecule has 0 unspecified atom stereocenters. The van der Waals surface area contributed by atoms with Crippen LogP contribution in [0.25, 0.3) is 0 Å². The smallest absolute Gasteiger partial charge is 0.258 e. The quantitative estimate of drug-likeness (QED) is 0.876. The summed E-state index contributed by atoms with van der Waals surface area (Å²) in [4.78, 5) is 12.0. The first-order valence-electron chi connectivity index (χ1n) is 7.84. The molecule has 0 bridgehead atoms. The van der Waals surface area contributed by atoms with Crippen molar-refractivity contribution in [3.63, 3.8) is 0 Å². The largest absolute Gasteiger partial charge is 0.483 e. The lowest BCUT2D eigenvalue weighted by Gasteiger charge is -2.23. The number of hydrogen-bond acceptors (Lipinski definition) is 3. The molecule has 0 saturated heterocycles. The predicted octanol–water partition coefficient (Wildman–Crippen LogP) is 2.84. The van der Waals surface area contributed by atoms with Crippen molar-refractivity contribution < 1.29 is 9.53 Å². The van der Waals surface area contributed by atoms with E-state index in [-0.39, 0.29) is 18.6 Å². The molecule has 1 aliphatic carbocycles. The van der Waals surface area contributed by atoms with Crippen LogP contribution in [0, 0.1) is 6.92 Å². The minimum absolute atomic E-state index is 0.0426. The Balaban J connectivity index is 1.89. The van der Waals surface area contributed by atoms with Gasteiger partial charge < -0.3 is 15.8 Å². The van der Waals surface area contributed by atoms with E-state index in [1.165, 1.54) is 19.3 Å². The average molecular weight is 290 g/mol. The fraction of sp³-hybridized carbons (Fsp3) is 0.588. The molecule has 1 fully saturated rings. The van der Waals surface area contributed by atoms with E-state index in [1.54, 1.807) is 0 Å². The number of nitrogens with one attached hydrogen (secondary N) is 1. The first-order chi connectivity index (χ1) is 10.1. The highest BCUT2D eigenvalue weighted by Gasteiger charge is 2.16. The molecule has 0 radical (unpaired) electrons. The summed E-state index contributed by atoms with van der Waals surface area (Å²) in [7, 11) is 0. The van der Waals surface area contributed by atoms with Crippen LogP contribution in [0.15, 0.2) is 18.2 Å². The van der Waals surface area contributed by atoms with Crippen molar-refractivity contribution in [1.82, 2.24) is 5.32 Å². The van der Waals surface area contributed by atoms with Gasteiger partial charge in [-0.25, -0.2) is 0 Å². The van der Waals surface area contributed by atoms with Gasteiger partial charge in [0.25, 0.3) is 5.91 Å². The van der Waals surface area contributed by atoms with Crippen LogP contribution in [-0.2, 0) is 4.79 Å². The summed E-state index contributed by atoms with van der Waals surface area (Å²) in [6.45, 7) is 3.97. The van der Waals surface area contributed by atoms with Crippen molar-refractivity contribution >= 4 is 5.91 Å². The van der Waals surface area contributed by atoms with Gasteiger partial charge in [0.05, 0.1) is 0 Å². The zero-order valence-corrected chi connectivity index (χ0v) is 13.0. The topological polar surface area (TPSA) is 64.3 Å². The molecule has 1 amide bonds. The van der Waals surface area contributed by atoms with Gasteiger partial charge in [-0.05, 0) is 38.3 Å². The number of carbonyl (C=O) groups is 1. The minimum Gasteiger partial charge on any atom is -0.483 e. The van der Waals surface area contributed by atoms with Crippen LogP contribution >= 0.6 is 0 Å². The van der Waals surface area contributed by atoms with Gasteiger partial charge in [0.1, 0.15) is 5.75 Å². The molecule has 116 valence electrons. The number of carbonyl (C=O) groups excluding carboxylic acids is 1. The van der Waals surface area contributed by atoms with Crippen LogP contribution in [0.5, 0.6) is 5.75 Å². The molecule has 2 rings (SSSR count). The zero-order valence-electron chi connectivity index (χ0n) is 13.0. The lowest BCUT2D eigenvalue weighted by Crippen LogP contribution is -2.39.